The molecule has 0 aromatic heterocycles. The van der Waals surface area contributed by atoms with Gasteiger partial charge in [0.05, 0.1) is 12.2 Å². The van der Waals surface area contributed by atoms with E-state index in [0.29, 0.717) is 17.6 Å². The van der Waals surface area contributed by atoms with Gasteiger partial charge in [-0.15, -0.1) is 0 Å². The SMILES string of the molecule is O=C(CNC1CC1)Nc1ccc(Cl)cc1I. The van der Waals surface area contributed by atoms with Gasteiger partial charge in [0, 0.05) is 14.6 Å². The van der Waals surface area contributed by atoms with Gasteiger partial charge in [-0.3, -0.25) is 4.79 Å². The number of nitrogens with one attached hydrogen (secondary N) is 2. The largest absolute Gasteiger partial charge is 0.324 e. The lowest BCUT2D eigenvalue weighted by molar-refractivity contribution is -0.115. The third kappa shape index (κ3) is 3.61. The van der Waals surface area contributed by atoms with Crippen LogP contribution in [0.1, 0.15) is 12.8 Å². The molecule has 0 saturated heterocycles. The van der Waals surface area contributed by atoms with Crippen LogP contribution in [0.15, 0.2) is 18.2 Å². The fraction of sp³-hybridized carbons (Fsp3) is 0.364. The van der Waals surface area contributed by atoms with Crippen LogP contribution in [0.2, 0.25) is 5.02 Å². The number of halogens is 2. The van der Waals surface area contributed by atoms with Crippen LogP contribution in [-0.4, -0.2) is 18.5 Å². The number of hydrogen-bond donors (Lipinski definition) is 2. The lowest BCUT2D eigenvalue weighted by Gasteiger charge is -2.08. The summed E-state index contributed by atoms with van der Waals surface area (Å²) >= 11 is 7.99. The zero-order chi connectivity index (χ0) is 11.5. The van der Waals surface area contributed by atoms with E-state index < -0.39 is 0 Å². The maximum atomic E-state index is 11.6. The molecule has 2 N–H and O–H groups in total. The van der Waals surface area contributed by atoms with Crippen LogP contribution in [0, 0.1) is 3.57 Å². The maximum absolute atomic E-state index is 11.6. The quantitative estimate of drug-likeness (QED) is 0.820. The van der Waals surface area contributed by atoms with Gasteiger partial charge >= 0.3 is 0 Å². The predicted octanol–water partition coefficient (Wildman–Crippen LogP) is 2.64. The second kappa shape index (κ2) is 5.33. The molecule has 16 heavy (non-hydrogen) atoms. The molecule has 1 aliphatic rings. The summed E-state index contributed by atoms with van der Waals surface area (Å²) < 4.78 is 0.949. The molecule has 0 aliphatic heterocycles. The number of hydrogen-bond acceptors (Lipinski definition) is 2. The Morgan fingerprint density at radius 2 is 2.25 bits per heavy atom. The molecular formula is C11H12ClIN2O. The average Bonchev–Trinajstić information content (AvgIpc) is 3.03. The van der Waals surface area contributed by atoms with E-state index in [1.807, 2.05) is 12.1 Å². The van der Waals surface area contributed by atoms with Crippen molar-refractivity contribution in [2.45, 2.75) is 18.9 Å². The predicted molar refractivity (Wildman–Crippen MR) is 73.8 cm³/mol. The van der Waals surface area contributed by atoms with Gasteiger partial charge in [-0.1, -0.05) is 11.6 Å². The van der Waals surface area contributed by atoms with E-state index in [9.17, 15) is 4.79 Å². The smallest absolute Gasteiger partial charge is 0.238 e. The highest BCUT2D eigenvalue weighted by molar-refractivity contribution is 14.1. The molecule has 1 saturated carbocycles. The van der Waals surface area contributed by atoms with Crippen molar-refractivity contribution in [3.8, 4) is 0 Å². The summed E-state index contributed by atoms with van der Waals surface area (Å²) in [6, 6.07) is 5.97. The molecule has 0 radical (unpaired) electrons. The first kappa shape index (κ1) is 12.1. The van der Waals surface area contributed by atoms with E-state index in [0.717, 1.165) is 9.26 Å². The minimum Gasteiger partial charge on any atom is -0.324 e. The molecule has 0 heterocycles. The summed E-state index contributed by atoms with van der Waals surface area (Å²) in [5.74, 6) is -0.00728. The van der Waals surface area contributed by atoms with Gasteiger partial charge in [0.25, 0.3) is 0 Å². The molecule has 86 valence electrons. The van der Waals surface area contributed by atoms with Gasteiger partial charge in [0.15, 0.2) is 0 Å². The Morgan fingerprint density at radius 3 is 2.88 bits per heavy atom. The highest BCUT2D eigenvalue weighted by Gasteiger charge is 2.21. The van der Waals surface area contributed by atoms with Crippen LogP contribution in [-0.2, 0) is 4.79 Å². The Bertz CT molecular complexity index is 407. The van der Waals surface area contributed by atoms with Crippen LogP contribution in [0.25, 0.3) is 0 Å². The number of carbonyl (C=O) groups is 1. The molecule has 1 amide bonds. The van der Waals surface area contributed by atoms with Crippen molar-refractivity contribution >= 4 is 45.8 Å². The van der Waals surface area contributed by atoms with E-state index >= 15 is 0 Å². The number of carbonyl (C=O) groups excluding carboxylic acids is 1. The zero-order valence-electron chi connectivity index (χ0n) is 8.59. The van der Waals surface area contributed by atoms with Crippen LogP contribution in [0.3, 0.4) is 0 Å². The second-order valence-corrected chi connectivity index (χ2v) is 5.43. The van der Waals surface area contributed by atoms with Gasteiger partial charge in [-0.05, 0) is 53.6 Å². The van der Waals surface area contributed by atoms with Gasteiger partial charge in [0.1, 0.15) is 0 Å². The van der Waals surface area contributed by atoms with E-state index in [4.69, 9.17) is 11.6 Å². The normalized spacial score (nSPS) is 14.9. The van der Waals surface area contributed by atoms with Crippen molar-refractivity contribution in [3.05, 3.63) is 26.8 Å². The van der Waals surface area contributed by atoms with Crippen LogP contribution in [0.5, 0.6) is 0 Å². The second-order valence-electron chi connectivity index (χ2n) is 3.83. The van der Waals surface area contributed by atoms with Crippen molar-refractivity contribution in [1.29, 1.82) is 0 Å². The Labute approximate surface area is 113 Å². The van der Waals surface area contributed by atoms with Gasteiger partial charge in [-0.25, -0.2) is 0 Å². The molecule has 0 atom stereocenters. The molecule has 0 spiro atoms. The first-order valence-electron chi connectivity index (χ1n) is 5.13. The van der Waals surface area contributed by atoms with Crippen molar-refractivity contribution in [2.75, 3.05) is 11.9 Å². The Kier molecular flexibility index (Phi) is 4.05. The first-order valence-corrected chi connectivity index (χ1v) is 6.59. The molecular weight excluding hydrogens is 338 g/mol. The molecule has 0 unspecified atom stereocenters. The third-order valence-electron chi connectivity index (χ3n) is 2.33. The van der Waals surface area contributed by atoms with Gasteiger partial charge in [0.2, 0.25) is 5.91 Å². The first-order chi connectivity index (χ1) is 7.65. The van der Waals surface area contributed by atoms with Crippen LogP contribution >= 0.6 is 34.2 Å². The Hall–Kier alpha value is -0.330. The zero-order valence-corrected chi connectivity index (χ0v) is 11.5. The van der Waals surface area contributed by atoms with E-state index in [1.54, 1.807) is 6.07 Å². The van der Waals surface area contributed by atoms with Crippen LogP contribution < -0.4 is 10.6 Å². The molecule has 1 aliphatic carbocycles. The fourth-order valence-corrected chi connectivity index (χ4v) is 2.32. The molecule has 1 aromatic rings. The minimum absolute atomic E-state index is 0.00728. The van der Waals surface area contributed by atoms with Gasteiger partial charge < -0.3 is 10.6 Å². The average molecular weight is 351 g/mol. The summed E-state index contributed by atoms with van der Waals surface area (Å²) in [7, 11) is 0. The van der Waals surface area contributed by atoms with E-state index in [-0.39, 0.29) is 5.91 Å². The highest BCUT2D eigenvalue weighted by atomic mass is 127. The summed E-state index contributed by atoms with van der Waals surface area (Å²) in [5, 5.41) is 6.70. The standard InChI is InChI=1S/C11H12ClIN2O/c12-7-1-4-10(9(13)5-7)15-11(16)6-14-8-2-3-8/h1,4-5,8,14H,2-3,6H2,(H,15,16). The highest BCUT2D eigenvalue weighted by Crippen LogP contribution is 2.22. The van der Waals surface area contributed by atoms with E-state index in [1.165, 1.54) is 12.8 Å². The molecule has 3 nitrogen and oxygen atoms in total. The lowest BCUT2D eigenvalue weighted by atomic mass is 10.3. The van der Waals surface area contributed by atoms with Crippen molar-refractivity contribution in [2.24, 2.45) is 0 Å². The molecule has 2 rings (SSSR count). The Morgan fingerprint density at radius 1 is 1.50 bits per heavy atom. The third-order valence-corrected chi connectivity index (χ3v) is 3.46. The number of anilines is 1. The summed E-state index contributed by atoms with van der Waals surface area (Å²) in [5.41, 5.74) is 0.813. The van der Waals surface area contributed by atoms with Gasteiger partial charge in [-0.2, -0.15) is 0 Å². The monoisotopic (exact) mass is 350 g/mol. The lowest BCUT2D eigenvalue weighted by Crippen LogP contribution is -2.29. The molecule has 1 aromatic carbocycles. The number of rotatable bonds is 4. The maximum Gasteiger partial charge on any atom is 0.238 e. The fourth-order valence-electron chi connectivity index (χ4n) is 1.31. The number of benzene rings is 1. The van der Waals surface area contributed by atoms with Crippen molar-refractivity contribution in [1.82, 2.24) is 5.32 Å². The summed E-state index contributed by atoms with van der Waals surface area (Å²) in [6.07, 6.45) is 2.37. The molecule has 5 heteroatoms. The van der Waals surface area contributed by atoms with E-state index in [2.05, 4.69) is 33.2 Å². The van der Waals surface area contributed by atoms with Crippen molar-refractivity contribution in [3.63, 3.8) is 0 Å². The van der Waals surface area contributed by atoms with Crippen LogP contribution in [0.4, 0.5) is 5.69 Å². The van der Waals surface area contributed by atoms with Crippen molar-refractivity contribution < 1.29 is 4.79 Å². The Balaban J connectivity index is 1.89. The molecule has 0 bridgehead atoms. The summed E-state index contributed by atoms with van der Waals surface area (Å²) in [6.45, 7) is 0.378. The number of amides is 1. The summed E-state index contributed by atoms with van der Waals surface area (Å²) in [4.78, 5) is 11.6. The molecule has 1 fully saturated rings. The minimum atomic E-state index is -0.00728. The topological polar surface area (TPSA) is 41.1 Å².